The van der Waals surface area contributed by atoms with Crippen LogP contribution in [0.1, 0.15) is 20.8 Å². The topological polar surface area (TPSA) is 118 Å². The third-order valence-electron chi connectivity index (χ3n) is 3.03. The fourth-order valence-electron chi connectivity index (χ4n) is 2.19. The van der Waals surface area contributed by atoms with Crippen LogP contribution in [0, 0.1) is 0 Å². The lowest BCUT2D eigenvalue weighted by atomic mass is 9.98. The van der Waals surface area contributed by atoms with E-state index in [4.69, 9.17) is 23.7 Å². The Morgan fingerprint density at radius 2 is 1.62 bits per heavy atom. The summed E-state index contributed by atoms with van der Waals surface area (Å²) >= 11 is 3.17. The molecule has 0 aromatic rings. The molecule has 1 N–H and O–H groups in total. The van der Waals surface area contributed by atoms with Gasteiger partial charge in [0, 0.05) is 26.1 Å². The molecule has 138 valence electrons. The monoisotopic (exact) mass is 412 g/mol. The Balaban J connectivity index is 3.01. The van der Waals surface area contributed by atoms with Crippen molar-refractivity contribution in [2.75, 3.05) is 18.5 Å². The summed E-state index contributed by atoms with van der Waals surface area (Å²) in [6.45, 7) is 3.48. The second-order valence-electron chi connectivity index (χ2n) is 5.04. The molecule has 0 saturated carbocycles. The summed E-state index contributed by atoms with van der Waals surface area (Å²) < 4.78 is 26.0. The van der Waals surface area contributed by atoms with Gasteiger partial charge in [-0.15, -0.1) is 0 Å². The lowest BCUT2D eigenvalue weighted by Gasteiger charge is -2.42. The fraction of sp³-hybridized carbons (Fsp3) is 0.786. The highest BCUT2D eigenvalue weighted by molar-refractivity contribution is 9.09. The minimum Gasteiger partial charge on any atom is -0.463 e. The van der Waals surface area contributed by atoms with Crippen molar-refractivity contribution in [1.29, 1.82) is 0 Å². The minimum absolute atomic E-state index is 0.215. The van der Waals surface area contributed by atoms with Crippen molar-refractivity contribution >= 4 is 33.8 Å². The van der Waals surface area contributed by atoms with Crippen LogP contribution in [0.25, 0.3) is 0 Å². The van der Waals surface area contributed by atoms with Crippen molar-refractivity contribution in [3.63, 3.8) is 0 Å². The molecule has 24 heavy (non-hydrogen) atoms. The summed E-state index contributed by atoms with van der Waals surface area (Å²) in [4.78, 5) is 33.7. The van der Waals surface area contributed by atoms with Gasteiger partial charge in [-0.05, 0) is 0 Å². The molecule has 0 radical (unpaired) electrons. The van der Waals surface area contributed by atoms with Gasteiger partial charge in [0.1, 0.15) is 18.8 Å². The van der Waals surface area contributed by atoms with Crippen LogP contribution in [-0.2, 0) is 38.1 Å². The third-order valence-corrected chi connectivity index (χ3v) is 3.35. The molecule has 10 heteroatoms. The van der Waals surface area contributed by atoms with Gasteiger partial charge < -0.3 is 28.8 Å². The Labute approximate surface area is 147 Å². The van der Waals surface area contributed by atoms with E-state index in [1.54, 1.807) is 0 Å². The molecular formula is C14H21BrO9. The zero-order valence-corrected chi connectivity index (χ0v) is 15.2. The first kappa shape index (κ1) is 20.8. The number of carbonyl (C=O) groups is 3. The maximum Gasteiger partial charge on any atom is 0.303 e. The van der Waals surface area contributed by atoms with Crippen molar-refractivity contribution < 1.29 is 43.2 Å². The summed E-state index contributed by atoms with van der Waals surface area (Å²) in [7, 11) is 0. The number of hydrogen-bond acceptors (Lipinski definition) is 9. The molecule has 1 aliphatic rings. The number of hydrogen-bond donors (Lipinski definition) is 1. The average Bonchev–Trinajstić information content (AvgIpc) is 2.48. The number of aliphatic hydroxyl groups excluding tert-OH is 1. The highest BCUT2D eigenvalue weighted by atomic mass is 79.9. The molecule has 0 amide bonds. The van der Waals surface area contributed by atoms with Crippen LogP contribution < -0.4 is 0 Å². The average molecular weight is 413 g/mol. The molecule has 5 unspecified atom stereocenters. The van der Waals surface area contributed by atoms with Crippen LogP contribution in [0.2, 0.25) is 0 Å². The molecule has 1 rings (SSSR count). The molecule has 0 spiro atoms. The quantitative estimate of drug-likeness (QED) is 0.347. The lowest BCUT2D eigenvalue weighted by Crippen LogP contribution is -2.61. The van der Waals surface area contributed by atoms with E-state index < -0.39 is 48.6 Å². The Morgan fingerprint density at radius 1 is 1.04 bits per heavy atom. The number of aliphatic hydroxyl groups is 1. The fourth-order valence-corrected chi connectivity index (χ4v) is 2.37. The molecule has 1 aliphatic heterocycles. The Morgan fingerprint density at radius 3 is 2.12 bits per heavy atom. The van der Waals surface area contributed by atoms with Crippen molar-refractivity contribution in [3.05, 3.63) is 0 Å². The number of halogens is 1. The molecule has 5 atom stereocenters. The van der Waals surface area contributed by atoms with E-state index in [1.165, 1.54) is 6.92 Å². The first-order valence-corrected chi connectivity index (χ1v) is 8.37. The number of ether oxygens (including phenoxy) is 5. The number of esters is 3. The Kier molecular flexibility index (Phi) is 8.60. The predicted molar refractivity (Wildman–Crippen MR) is 82.2 cm³/mol. The third kappa shape index (κ3) is 6.34. The van der Waals surface area contributed by atoms with E-state index in [9.17, 15) is 19.5 Å². The molecule has 0 bridgehead atoms. The van der Waals surface area contributed by atoms with Crippen LogP contribution in [0.3, 0.4) is 0 Å². The molecule has 1 saturated heterocycles. The zero-order chi connectivity index (χ0) is 18.3. The van der Waals surface area contributed by atoms with Crippen LogP contribution in [0.4, 0.5) is 0 Å². The summed E-state index contributed by atoms with van der Waals surface area (Å²) in [6, 6.07) is 0. The largest absolute Gasteiger partial charge is 0.463 e. The molecule has 1 fully saturated rings. The van der Waals surface area contributed by atoms with Crippen molar-refractivity contribution in [1.82, 2.24) is 0 Å². The molecule has 0 aromatic heterocycles. The number of alkyl halides is 1. The van der Waals surface area contributed by atoms with E-state index in [2.05, 4.69) is 15.9 Å². The lowest BCUT2D eigenvalue weighted by molar-refractivity contribution is -0.304. The van der Waals surface area contributed by atoms with Crippen molar-refractivity contribution in [2.45, 2.75) is 51.5 Å². The van der Waals surface area contributed by atoms with E-state index >= 15 is 0 Å². The van der Waals surface area contributed by atoms with Gasteiger partial charge in [0.05, 0.1) is 6.61 Å². The summed E-state index contributed by atoms with van der Waals surface area (Å²) in [5.74, 6) is -1.91. The summed E-state index contributed by atoms with van der Waals surface area (Å²) in [5.41, 5.74) is 0. The van der Waals surface area contributed by atoms with Gasteiger partial charge in [-0.2, -0.15) is 0 Å². The van der Waals surface area contributed by atoms with Crippen molar-refractivity contribution in [3.8, 4) is 0 Å². The van der Waals surface area contributed by atoms with Crippen LogP contribution in [-0.4, -0.2) is 72.3 Å². The van der Waals surface area contributed by atoms with Gasteiger partial charge in [-0.3, -0.25) is 14.4 Å². The zero-order valence-electron chi connectivity index (χ0n) is 13.6. The van der Waals surface area contributed by atoms with Gasteiger partial charge in [0.2, 0.25) is 0 Å². The SMILES string of the molecule is CC(=O)OCC1OC(OCCBr)C(O)C(OC(C)=O)C1OC(C)=O. The highest BCUT2D eigenvalue weighted by Gasteiger charge is 2.50. The normalized spacial score (nSPS) is 29.6. The van der Waals surface area contributed by atoms with Crippen LogP contribution >= 0.6 is 15.9 Å². The van der Waals surface area contributed by atoms with Gasteiger partial charge in [0.25, 0.3) is 0 Å². The number of rotatable bonds is 7. The maximum absolute atomic E-state index is 11.3. The van der Waals surface area contributed by atoms with E-state index in [0.29, 0.717) is 5.33 Å². The standard InChI is InChI=1S/C14H21BrO9/c1-7(16)21-6-10-12(22-8(2)17)13(23-9(3)18)11(19)14(24-10)20-5-4-15/h10-14,19H,4-6H2,1-3H3. The van der Waals surface area contributed by atoms with Crippen molar-refractivity contribution in [2.24, 2.45) is 0 Å². The molecule has 0 aromatic carbocycles. The molecular weight excluding hydrogens is 392 g/mol. The van der Waals surface area contributed by atoms with E-state index in [0.717, 1.165) is 13.8 Å². The Bertz CT molecular complexity index is 456. The van der Waals surface area contributed by atoms with E-state index in [1.807, 2.05) is 0 Å². The van der Waals surface area contributed by atoms with Crippen LogP contribution in [0.15, 0.2) is 0 Å². The van der Waals surface area contributed by atoms with Gasteiger partial charge in [-0.1, -0.05) is 15.9 Å². The number of carbonyl (C=O) groups excluding carboxylic acids is 3. The molecule has 0 aliphatic carbocycles. The maximum atomic E-state index is 11.3. The minimum atomic E-state index is -1.38. The molecule has 9 nitrogen and oxygen atoms in total. The smallest absolute Gasteiger partial charge is 0.303 e. The first-order chi connectivity index (χ1) is 11.3. The highest BCUT2D eigenvalue weighted by Crippen LogP contribution is 2.27. The predicted octanol–water partition coefficient (Wildman–Crippen LogP) is -0.0898. The molecule has 1 heterocycles. The summed E-state index contributed by atoms with van der Waals surface area (Å²) in [6.07, 6.45) is -5.86. The van der Waals surface area contributed by atoms with Gasteiger partial charge in [-0.25, -0.2) is 0 Å². The Hall–Kier alpha value is -1.23. The first-order valence-electron chi connectivity index (χ1n) is 7.25. The van der Waals surface area contributed by atoms with Crippen LogP contribution in [0.5, 0.6) is 0 Å². The van der Waals surface area contributed by atoms with E-state index in [-0.39, 0.29) is 13.2 Å². The second kappa shape index (κ2) is 9.92. The van der Waals surface area contributed by atoms with Gasteiger partial charge >= 0.3 is 17.9 Å². The summed E-state index contributed by atoms with van der Waals surface area (Å²) in [5, 5.41) is 10.8. The van der Waals surface area contributed by atoms with Gasteiger partial charge in [0.15, 0.2) is 18.5 Å². The second-order valence-corrected chi connectivity index (χ2v) is 5.84.